The molecule has 0 aromatic heterocycles. The van der Waals surface area contributed by atoms with E-state index in [0.717, 1.165) is 6.54 Å². The zero-order valence-electron chi connectivity index (χ0n) is 8.45. The van der Waals surface area contributed by atoms with Gasteiger partial charge < -0.3 is 15.8 Å². The molecule has 1 aromatic carbocycles. The maximum absolute atomic E-state index is 13.4. The Labute approximate surface area is 88.4 Å². The standard InChI is InChI=1S/C11H15FN2O/c12-10-7-14-6-5-11(10)15-9-3-1-8(13)2-4-9/h1-4,10-11,14H,5-7,13H2. The molecule has 82 valence electrons. The number of piperidine rings is 1. The molecule has 3 nitrogen and oxygen atoms in total. The lowest BCUT2D eigenvalue weighted by atomic mass is 10.1. The van der Waals surface area contributed by atoms with E-state index in [1.807, 2.05) is 0 Å². The SMILES string of the molecule is Nc1ccc(OC2CCNCC2F)cc1. The van der Waals surface area contributed by atoms with E-state index >= 15 is 0 Å². The van der Waals surface area contributed by atoms with E-state index < -0.39 is 6.17 Å². The van der Waals surface area contributed by atoms with E-state index in [-0.39, 0.29) is 6.10 Å². The number of hydrogen-bond donors (Lipinski definition) is 2. The number of halogens is 1. The number of anilines is 1. The Balaban J connectivity index is 1.98. The average molecular weight is 210 g/mol. The maximum Gasteiger partial charge on any atom is 0.149 e. The van der Waals surface area contributed by atoms with Crippen molar-refractivity contribution >= 4 is 5.69 Å². The molecule has 3 N–H and O–H groups in total. The third-order valence-electron chi connectivity index (χ3n) is 2.52. The molecule has 15 heavy (non-hydrogen) atoms. The molecule has 1 aliphatic rings. The zero-order valence-corrected chi connectivity index (χ0v) is 8.45. The number of hydrogen-bond acceptors (Lipinski definition) is 3. The van der Waals surface area contributed by atoms with Gasteiger partial charge in [0.05, 0.1) is 0 Å². The topological polar surface area (TPSA) is 47.3 Å². The van der Waals surface area contributed by atoms with Crippen molar-refractivity contribution in [2.24, 2.45) is 0 Å². The van der Waals surface area contributed by atoms with Gasteiger partial charge >= 0.3 is 0 Å². The van der Waals surface area contributed by atoms with Crippen molar-refractivity contribution in [3.8, 4) is 5.75 Å². The summed E-state index contributed by atoms with van der Waals surface area (Å²) in [6.45, 7) is 1.18. The summed E-state index contributed by atoms with van der Waals surface area (Å²) in [7, 11) is 0. The summed E-state index contributed by atoms with van der Waals surface area (Å²) >= 11 is 0. The van der Waals surface area contributed by atoms with Gasteiger partial charge in [-0.25, -0.2) is 4.39 Å². The molecule has 0 spiro atoms. The minimum absolute atomic E-state index is 0.338. The third-order valence-corrected chi connectivity index (χ3v) is 2.52. The molecule has 1 aromatic rings. The van der Waals surface area contributed by atoms with Crippen LogP contribution >= 0.6 is 0 Å². The summed E-state index contributed by atoms with van der Waals surface area (Å²) in [5, 5.41) is 2.98. The number of nitrogens with one attached hydrogen (secondary N) is 1. The lowest BCUT2D eigenvalue weighted by Crippen LogP contribution is -2.44. The highest BCUT2D eigenvalue weighted by Gasteiger charge is 2.25. The van der Waals surface area contributed by atoms with Crippen LogP contribution in [-0.4, -0.2) is 25.4 Å². The Hall–Kier alpha value is -1.29. The molecule has 0 saturated carbocycles. The number of nitrogen functional groups attached to an aromatic ring is 1. The summed E-state index contributed by atoms with van der Waals surface area (Å²) in [6.07, 6.45) is -0.572. The van der Waals surface area contributed by atoms with Gasteiger partial charge in [-0.2, -0.15) is 0 Å². The number of benzene rings is 1. The lowest BCUT2D eigenvalue weighted by Gasteiger charge is -2.27. The fourth-order valence-electron chi connectivity index (χ4n) is 1.65. The van der Waals surface area contributed by atoms with Crippen LogP contribution in [0.15, 0.2) is 24.3 Å². The normalized spacial score (nSPS) is 26.2. The molecule has 4 heteroatoms. The Morgan fingerprint density at radius 2 is 2.07 bits per heavy atom. The molecule has 2 atom stereocenters. The Morgan fingerprint density at radius 1 is 1.33 bits per heavy atom. The van der Waals surface area contributed by atoms with Crippen molar-refractivity contribution in [1.29, 1.82) is 0 Å². The van der Waals surface area contributed by atoms with Gasteiger partial charge in [-0.05, 0) is 37.2 Å². The highest BCUT2D eigenvalue weighted by Crippen LogP contribution is 2.19. The van der Waals surface area contributed by atoms with Crippen LogP contribution in [0, 0.1) is 0 Å². The fourth-order valence-corrected chi connectivity index (χ4v) is 1.65. The number of alkyl halides is 1. The van der Waals surface area contributed by atoms with Gasteiger partial charge in [-0.1, -0.05) is 0 Å². The highest BCUT2D eigenvalue weighted by atomic mass is 19.1. The average Bonchev–Trinajstić information content (AvgIpc) is 2.25. The van der Waals surface area contributed by atoms with Gasteiger partial charge in [0.15, 0.2) is 0 Å². The monoisotopic (exact) mass is 210 g/mol. The summed E-state index contributed by atoms with van der Waals surface area (Å²) in [5.41, 5.74) is 6.23. The Bertz CT molecular complexity index is 315. The van der Waals surface area contributed by atoms with Crippen LogP contribution in [0.5, 0.6) is 5.75 Å². The van der Waals surface area contributed by atoms with Crippen molar-refractivity contribution in [2.75, 3.05) is 18.8 Å². The number of rotatable bonds is 2. The zero-order chi connectivity index (χ0) is 10.7. The van der Waals surface area contributed by atoms with Crippen LogP contribution in [0.25, 0.3) is 0 Å². The number of nitrogens with two attached hydrogens (primary N) is 1. The Morgan fingerprint density at radius 3 is 2.73 bits per heavy atom. The first-order chi connectivity index (χ1) is 7.25. The van der Waals surface area contributed by atoms with Crippen molar-refractivity contribution in [3.05, 3.63) is 24.3 Å². The van der Waals surface area contributed by atoms with Gasteiger partial charge in [-0.15, -0.1) is 0 Å². The van der Waals surface area contributed by atoms with Gasteiger partial charge in [0.2, 0.25) is 0 Å². The summed E-state index contributed by atoms with van der Waals surface area (Å²) in [6, 6.07) is 7.04. The van der Waals surface area contributed by atoms with E-state index in [4.69, 9.17) is 10.5 Å². The van der Waals surface area contributed by atoms with Crippen LogP contribution in [0.1, 0.15) is 6.42 Å². The first-order valence-corrected chi connectivity index (χ1v) is 5.13. The van der Waals surface area contributed by atoms with Crippen LogP contribution in [0.2, 0.25) is 0 Å². The van der Waals surface area contributed by atoms with Crippen LogP contribution in [-0.2, 0) is 0 Å². The summed E-state index contributed by atoms with van der Waals surface area (Å²) in [4.78, 5) is 0. The summed E-state index contributed by atoms with van der Waals surface area (Å²) < 4.78 is 19.0. The van der Waals surface area contributed by atoms with E-state index in [2.05, 4.69) is 5.32 Å². The Kier molecular flexibility index (Phi) is 3.06. The van der Waals surface area contributed by atoms with Crippen LogP contribution < -0.4 is 15.8 Å². The molecule has 1 saturated heterocycles. The van der Waals surface area contributed by atoms with Gasteiger partial charge in [0.1, 0.15) is 18.0 Å². The van der Waals surface area contributed by atoms with Crippen molar-refractivity contribution in [2.45, 2.75) is 18.7 Å². The predicted octanol–water partition coefficient (Wildman–Crippen LogP) is 1.35. The van der Waals surface area contributed by atoms with Gasteiger partial charge in [0, 0.05) is 12.2 Å². The second kappa shape index (κ2) is 4.49. The molecular weight excluding hydrogens is 195 g/mol. The minimum Gasteiger partial charge on any atom is -0.487 e. The second-order valence-electron chi connectivity index (χ2n) is 3.73. The van der Waals surface area contributed by atoms with Crippen LogP contribution in [0.4, 0.5) is 10.1 Å². The molecular formula is C11H15FN2O. The van der Waals surface area contributed by atoms with Crippen molar-refractivity contribution < 1.29 is 9.13 Å². The lowest BCUT2D eigenvalue weighted by molar-refractivity contribution is 0.0732. The molecule has 1 fully saturated rings. The second-order valence-corrected chi connectivity index (χ2v) is 3.73. The first kappa shape index (κ1) is 10.2. The van der Waals surface area contributed by atoms with E-state index in [1.165, 1.54) is 0 Å². The molecule has 0 bridgehead atoms. The van der Waals surface area contributed by atoms with Crippen molar-refractivity contribution in [3.63, 3.8) is 0 Å². The van der Waals surface area contributed by atoms with E-state index in [9.17, 15) is 4.39 Å². The molecule has 2 unspecified atom stereocenters. The molecule has 0 aliphatic carbocycles. The fraction of sp³-hybridized carbons (Fsp3) is 0.455. The van der Waals surface area contributed by atoms with Crippen LogP contribution in [0.3, 0.4) is 0 Å². The molecule has 0 radical (unpaired) electrons. The third kappa shape index (κ3) is 2.59. The minimum atomic E-state index is -0.934. The quantitative estimate of drug-likeness (QED) is 0.724. The number of ether oxygens (including phenoxy) is 1. The predicted molar refractivity (Wildman–Crippen MR) is 57.7 cm³/mol. The molecule has 1 aliphatic heterocycles. The summed E-state index contributed by atoms with van der Waals surface area (Å²) in [5.74, 6) is 0.679. The first-order valence-electron chi connectivity index (χ1n) is 5.13. The maximum atomic E-state index is 13.4. The van der Waals surface area contributed by atoms with Gasteiger partial charge in [-0.3, -0.25) is 0 Å². The van der Waals surface area contributed by atoms with E-state index in [0.29, 0.717) is 24.4 Å². The molecule has 2 rings (SSSR count). The molecule has 0 amide bonds. The highest BCUT2D eigenvalue weighted by molar-refractivity contribution is 5.41. The van der Waals surface area contributed by atoms with Crippen molar-refractivity contribution in [1.82, 2.24) is 5.32 Å². The van der Waals surface area contributed by atoms with Gasteiger partial charge in [0.25, 0.3) is 0 Å². The smallest absolute Gasteiger partial charge is 0.149 e. The van der Waals surface area contributed by atoms with E-state index in [1.54, 1.807) is 24.3 Å². The molecule has 1 heterocycles. The largest absolute Gasteiger partial charge is 0.487 e.